The summed E-state index contributed by atoms with van der Waals surface area (Å²) in [6, 6.07) is 8.06. The summed E-state index contributed by atoms with van der Waals surface area (Å²) in [6.07, 6.45) is 2.39. The lowest BCUT2D eigenvalue weighted by molar-refractivity contribution is 0.381. The molecule has 0 saturated carbocycles. The van der Waals surface area contributed by atoms with Crippen LogP contribution in [0.1, 0.15) is 22.8 Å². The summed E-state index contributed by atoms with van der Waals surface area (Å²) < 4.78 is 5.30. The van der Waals surface area contributed by atoms with E-state index in [0.717, 1.165) is 22.8 Å². The van der Waals surface area contributed by atoms with Crippen molar-refractivity contribution in [2.45, 2.75) is 27.2 Å². The molecule has 6 heteroatoms. The zero-order chi connectivity index (χ0) is 16.2. The fraction of sp³-hybridized carbons (Fsp3) is 0.294. The number of hydrogen-bond donors (Lipinski definition) is 1. The lowest BCUT2D eigenvalue weighted by atomic mass is 10.1. The molecule has 0 aliphatic rings. The molecule has 3 aromatic rings. The van der Waals surface area contributed by atoms with E-state index >= 15 is 0 Å². The molecule has 0 bridgehead atoms. The van der Waals surface area contributed by atoms with Crippen LogP contribution in [-0.2, 0) is 6.42 Å². The maximum Gasteiger partial charge on any atom is 0.228 e. The Labute approximate surface area is 135 Å². The molecule has 0 aliphatic carbocycles. The second kappa shape index (κ2) is 6.56. The van der Waals surface area contributed by atoms with E-state index in [2.05, 4.69) is 25.4 Å². The molecule has 0 fully saturated rings. The van der Waals surface area contributed by atoms with Gasteiger partial charge in [0.2, 0.25) is 11.7 Å². The molecule has 2 heterocycles. The summed E-state index contributed by atoms with van der Waals surface area (Å²) in [6.45, 7) is 6.56. The third-order valence-electron chi connectivity index (χ3n) is 3.49. The highest BCUT2D eigenvalue weighted by molar-refractivity contribution is 5.54. The molecule has 3 rings (SSSR count). The van der Waals surface area contributed by atoms with Gasteiger partial charge in [-0.05, 0) is 20.8 Å². The van der Waals surface area contributed by atoms with E-state index in [9.17, 15) is 0 Å². The minimum Gasteiger partial charge on any atom is -0.368 e. The van der Waals surface area contributed by atoms with E-state index in [1.165, 1.54) is 5.56 Å². The van der Waals surface area contributed by atoms with E-state index in [0.29, 0.717) is 24.7 Å². The highest BCUT2D eigenvalue weighted by atomic mass is 16.5. The zero-order valence-corrected chi connectivity index (χ0v) is 13.5. The van der Waals surface area contributed by atoms with Gasteiger partial charge < -0.3 is 9.84 Å². The van der Waals surface area contributed by atoms with Crippen molar-refractivity contribution in [1.82, 2.24) is 20.1 Å². The molecular weight excluding hydrogens is 290 g/mol. The molecular formula is C17H19N5O. The van der Waals surface area contributed by atoms with E-state index in [1.807, 2.05) is 45.0 Å². The van der Waals surface area contributed by atoms with Crippen LogP contribution >= 0.6 is 0 Å². The van der Waals surface area contributed by atoms with E-state index in [1.54, 1.807) is 6.20 Å². The highest BCUT2D eigenvalue weighted by Gasteiger charge is 2.09. The Balaban J connectivity index is 1.61. The maximum atomic E-state index is 5.30. The number of rotatable bonds is 5. The third kappa shape index (κ3) is 3.71. The molecule has 1 N–H and O–H groups in total. The largest absolute Gasteiger partial charge is 0.368 e. The average Bonchev–Trinajstić information content (AvgIpc) is 3.00. The number of aryl methyl sites for hydroxylation is 3. The molecule has 0 aliphatic heterocycles. The van der Waals surface area contributed by atoms with Crippen molar-refractivity contribution in [2.24, 2.45) is 0 Å². The van der Waals surface area contributed by atoms with Crippen LogP contribution in [0, 0.1) is 20.8 Å². The van der Waals surface area contributed by atoms with Gasteiger partial charge in [-0.2, -0.15) is 4.98 Å². The van der Waals surface area contributed by atoms with Crippen molar-refractivity contribution in [3.05, 3.63) is 53.3 Å². The molecule has 0 amide bonds. The summed E-state index contributed by atoms with van der Waals surface area (Å²) >= 11 is 0. The van der Waals surface area contributed by atoms with Crippen LogP contribution in [0.2, 0.25) is 0 Å². The Morgan fingerprint density at radius 2 is 1.83 bits per heavy atom. The van der Waals surface area contributed by atoms with Crippen LogP contribution in [0.15, 0.2) is 35.0 Å². The Kier molecular flexibility index (Phi) is 4.32. The number of aromatic nitrogens is 4. The molecule has 0 saturated heterocycles. The van der Waals surface area contributed by atoms with Crippen LogP contribution < -0.4 is 5.32 Å². The van der Waals surface area contributed by atoms with Gasteiger partial charge in [0.15, 0.2) is 0 Å². The summed E-state index contributed by atoms with van der Waals surface area (Å²) in [5, 5.41) is 7.29. The number of hydrogen-bond acceptors (Lipinski definition) is 6. The van der Waals surface area contributed by atoms with E-state index in [-0.39, 0.29) is 0 Å². The smallest absolute Gasteiger partial charge is 0.228 e. The first-order chi connectivity index (χ1) is 11.1. The SMILES string of the molecule is Cc1ccc(-c2noc(CCNc3nc(C)cnc3C)n2)cc1. The Bertz CT molecular complexity index is 795. The minimum absolute atomic E-state index is 0.603. The predicted octanol–water partition coefficient (Wildman–Crippen LogP) is 3.11. The molecule has 0 spiro atoms. The van der Waals surface area contributed by atoms with Gasteiger partial charge in [-0.15, -0.1) is 0 Å². The standard InChI is InChI=1S/C17H19N5O/c1-11-4-6-14(7-5-11)17-21-15(23-22-17)8-9-18-16-13(3)19-10-12(2)20-16/h4-7,10H,8-9H2,1-3H3,(H,18,20). The lowest BCUT2D eigenvalue weighted by Gasteiger charge is -2.06. The number of benzene rings is 1. The summed E-state index contributed by atoms with van der Waals surface area (Å²) in [4.78, 5) is 13.1. The average molecular weight is 309 g/mol. The Hall–Kier alpha value is -2.76. The first-order valence-electron chi connectivity index (χ1n) is 7.55. The number of anilines is 1. The summed E-state index contributed by atoms with van der Waals surface area (Å²) in [5.74, 6) is 2.01. The van der Waals surface area contributed by atoms with Gasteiger partial charge in [-0.1, -0.05) is 35.0 Å². The van der Waals surface area contributed by atoms with Crippen LogP contribution in [0.25, 0.3) is 11.4 Å². The molecule has 23 heavy (non-hydrogen) atoms. The van der Waals surface area contributed by atoms with Crippen LogP contribution in [0.5, 0.6) is 0 Å². The van der Waals surface area contributed by atoms with E-state index in [4.69, 9.17) is 4.52 Å². The topological polar surface area (TPSA) is 76.7 Å². The maximum absolute atomic E-state index is 5.30. The van der Waals surface area contributed by atoms with Crippen LogP contribution in [0.4, 0.5) is 5.82 Å². The van der Waals surface area contributed by atoms with Gasteiger partial charge >= 0.3 is 0 Å². The lowest BCUT2D eigenvalue weighted by Crippen LogP contribution is -2.09. The molecule has 118 valence electrons. The van der Waals surface area contributed by atoms with Crippen LogP contribution in [-0.4, -0.2) is 26.7 Å². The van der Waals surface area contributed by atoms with Gasteiger partial charge in [0.1, 0.15) is 5.82 Å². The molecule has 1 aromatic carbocycles. The fourth-order valence-corrected chi connectivity index (χ4v) is 2.17. The normalized spacial score (nSPS) is 10.7. The van der Waals surface area contributed by atoms with Gasteiger partial charge in [0.25, 0.3) is 0 Å². The van der Waals surface area contributed by atoms with Crippen molar-refractivity contribution in [1.29, 1.82) is 0 Å². The molecule has 2 aromatic heterocycles. The Morgan fingerprint density at radius 1 is 1.04 bits per heavy atom. The predicted molar refractivity (Wildman–Crippen MR) is 88.2 cm³/mol. The fourth-order valence-electron chi connectivity index (χ4n) is 2.17. The zero-order valence-electron chi connectivity index (χ0n) is 13.5. The van der Waals surface area contributed by atoms with Gasteiger partial charge in [-0.25, -0.2) is 4.98 Å². The van der Waals surface area contributed by atoms with E-state index < -0.39 is 0 Å². The quantitative estimate of drug-likeness (QED) is 0.780. The second-order valence-electron chi connectivity index (χ2n) is 5.50. The summed E-state index contributed by atoms with van der Waals surface area (Å²) in [7, 11) is 0. The minimum atomic E-state index is 0.603. The molecule has 0 unspecified atom stereocenters. The van der Waals surface area contributed by atoms with Crippen molar-refractivity contribution < 1.29 is 4.52 Å². The van der Waals surface area contributed by atoms with Crippen molar-refractivity contribution >= 4 is 5.82 Å². The van der Waals surface area contributed by atoms with Gasteiger partial charge in [-0.3, -0.25) is 4.98 Å². The molecule has 0 radical (unpaired) electrons. The molecule has 6 nitrogen and oxygen atoms in total. The van der Waals surface area contributed by atoms with Crippen LogP contribution in [0.3, 0.4) is 0 Å². The van der Waals surface area contributed by atoms with Crippen molar-refractivity contribution in [3.8, 4) is 11.4 Å². The Morgan fingerprint density at radius 3 is 2.61 bits per heavy atom. The number of nitrogens with one attached hydrogen (secondary N) is 1. The number of nitrogens with zero attached hydrogens (tertiary/aromatic N) is 4. The van der Waals surface area contributed by atoms with Crippen molar-refractivity contribution in [3.63, 3.8) is 0 Å². The first-order valence-corrected chi connectivity index (χ1v) is 7.55. The monoisotopic (exact) mass is 309 g/mol. The molecule has 0 atom stereocenters. The van der Waals surface area contributed by atoms with Gasteiger partial charge in [0.05, 0.1) is 11.4 Å². The first kappa shape index (κ1) is 15.1. The summed E-state index contributed by atoms with van der Waals surface area (Å²) in [5.41, 5.74) is 3.93. The van der Waals surface area contributed by atoms with Crippen molar-refractivity contribution in [2.75, 3.05) is 11.9 Å². The van der Waals surface area contributed by atoms with Gasteiger partial charge in [0, 0.05) is 24.7 Å². The second-order valence-corrected chi connectivity index (χ2v) is 5.50. The highest BCUT2D eigenvalue weighted by Crippen LogP contribution is 2.16. The third-order valence-corrected chi connectivity index (χ3v) is 3.49.